The Labute approximate surface area is 124 Å². The van der Waals surface area contributed by atoms with Gasteiger partial charge in [0.15, 0.2) is 0 Å². The molecule has 8 heteroatoms. The number of halogens is 1. The number of nitrogens with zero attached hydrogens (tertiary/aromatic N) is 2. The van der Waals surface area contributed by atoms with Crippen LogP contribution in [0.3, 0.4) is 0 Å². The molecule has 6 nitrogen and oxygen atoms in total. The summed E-state index contributed by atoms with van der Waals surface area (Å²) < 4.78 is 26.6. The maximum Gasteiger partial charge on any atom is 0.278 e. The van der Waals surface area contributed by atoms with Gasteiger partial charge in [0.2, 0.25) is 5.91 Å². The van der Waals surface area contributed by atoms with Gasteiger partial charge < -0.3 is 4.90 Å². The molecule has 0 saturated heterocycles. The molecule has 0 aromatic heterocycles. The maximum absolute atomic E-state index is 11.6. The van der Waals surface area contributed by atoms with Crippen molar-refractivity contribution in [3.8, 4) is 0 Å². The Morgan fingerprint density at radius 1 is 1.25 bits per heavy atom. The van der Waals surface area contributed by atoms with E-state index in [9.17, 15) is 13.2 Å². The summed E-state index contributed by atoms with van der Waals surface area (Å²) in [7, 11) is -0.615. The Morgan fingerprint density at radius 2 is 1.80 bits per heavy atom. The van der Waals surface area contributed by atoms with Crippen LogP contribution in [0, 0.1) is 0 Å². The number of rotatable bonds is 6. The first-order valence-electron chi connectivity index (χ1n) is 5.95. The van der Waals surface area contributed by atoms with Crippen molar-refractivity contribution in [2.24, 2.45) is 0 Å². The minimum atomic E-state index is -3.48. The monoisotopic (exact) mass is 319 g/mol. The van der Waals surface area contributed by atoms with Crippen LogP contribution in [0.25, 0.3) is 0 Å². The Hall–Kier alpha value is -1.15. The zero-order chi connectivity index (χ0) is 15.3. The molecule has 0 unspecified atom stereocenters. The van der Waals surface area contributed by atoms with E-state index in [1.807, 2.05) is 0 Å². The van der Waals surface area contributed by atoms with E-state index >= 15 is 0 Å². The highest BCUT2D eigenvalue weighted by atomic mass is 35.5. The molecule has 0 aliphatic rings. The molecule has 1 rings (SSSR count). The largest absolute Gasteiger partial charge is 0.311 e. The van der Waals surface area contributed by atoms with Gasteiger partial charge in [0, 0.05) is 44.8 Å². The molecule has 1 N–H and O–H groups in total. The van der Waals surface area contributed by atoms with Crippen molar-refractivity contribution in [1.29, 1.82) is 0 Å². The molecule has 0 radical (unpaired) electrons. The fourth-order valence-corrected chi connectivity index (χ4v) is 2.24. The van der Waals surface area contributed by atoms with Gasteiger partial charge in [-0.05, 0) is 24.3 Å². The fourth-order valence-electron chi connectivity index (χ4n) is 1.50. The minimum Gasteiger partial charge on any atom is -0.311 e. The zero-order valence-electron chi connectivity index (χ0n) is 11.6. The summed E-state index contributed by atoms with van der Waals surface area (Å²) in [4.78, 5) is 13.1. The van der Waals surface area contributed by atoms with Gasteiger partial charge in [0.05, 0.1) is 0 Å². The Balaban J connectivity index is 2.70. The molecule has 0 aliphatic carbocycles. The molecule has 0 bridgehead atoms. The third-order valence-electron chi connectivity index (χ3n) is 2.62. The van der Waals surface area contributed by atoms with Crippen molar-refractivity contribution >= 4 is 33.4 Å². The molecule has 0 spiro atoms. The van der Waals surface area contributed by atoms with Crippen molar-refractivity contribution in [1.82, 2.24) is 9.03 Å². The lowest BCUT2D eigenvalue weighted by Crippen LogP contribution is -2.41. The predicted octanol–water partition coefficient (Wildman–Crippen LogP) is 1.09. The van der Waals surface area contributed by atoms with Crippen LogP contribution in [0.1, 0.15) is 6.92 Å². The van der Waals surface area contributed by atoms with Crippen LogP contribution in [0.15, 0.2) is 24.3 Å². The van der Waals surface area contributed by atoms with Crippen LogP contribution in [-0.4, -0.2) is 45.8 Å². The summed E-state index contributed by atoms with van der Waals surface area (Å²) in [5.41, 5.74) is 0.672. The van der Waals surface area contributed by atoms with Gasteiger partial charge in [0.1, 0.15) is 0 Å². The van der Waals surface area contributed by atoms with Gasteiger partial charge in [-0.15, -0.1) is 0 Å². The number of anilines is 1. The average Bonchev–Trinajstić information content (AvgIpc) is 2.35. The van der Waals surface area contributed by atoms with E-state index in [2.05, 4.69) is 4.72 Å². The molecular weight excluding hydrogens is 302 g/mol. The molecule has 0 fully saturated rings. The van der Waals surface area contributed by atoms with Gasteiger partial charge in [-0.1, -0.05) is 11.6 Å². The molecule has 1 aromatic rings. The van der Waals surface area contributed by atoms with Gasteiger partial charge in [-0.3, -0.25) is 4.79 Å². The molecule has 0 heterocycles. The van der Waals surface area contributed by atoms with E-state index in [1.54, 1.807) is 24.3 Å². The lowest BCUT2D eigenvalue weighted by atomic mass is 10.3. The van der Waals surface area contributed by atoms with E-state index in [4.69, 9.17) is 11.6 Å². The molecule has 0 saturated carbocycles. The number of amides is 1. The molecule has 0 atom stereocenters. The topological polar surface area (TPSA) is 69.7 Å². The second-order valence-corrected chi connectivity index (χ2v) is 6.73. The second kappa shape index (κ2) is 7.03. The lowest BCUT2D eigenvalue weighted by molar-refractivity contribution is -0.116. The van der Waals surface area contributed by atoms with Crippen LogP contribution >= 0.6 is 11.6 Å². The first kappa shape index (κ1) is 16.9. The van der Waals surface area contributed by atoms with Gasteiger partial charge >= 0.3 is 0 Å². The minimum absolute atomic E-state index is 0.128. The van der Waals surface area contributed by atoms with Crippen molar-refractivity contribution in [3.63, 3.8) is 0 Å². The summed E-state index contributed by atoms with van der Waals surface area (Å²) in [6.45, 7) is 1.79. The highest BCUT2D eigenvalue weighted by molar-refractivity contribution is 7.87. The van der Waals surface area contributed by atoms with Crippen LogP contribution in [-0.2, 0) is 15.0 Å². The summed E-state index contributed by atoms with van der Waals surface area (Å²) in [5.74, 6) is -0.170. The smallest absolute Gasteiger partial charge is 0.278 e. The SMILES string of the molecule is CC(=O)N(CCNS(=O)(=O)N(C)C)c1ccc(Cl)cc1. The van der Waals surface area contributed by atoms with Crippen LogP contribution in [0.4, 0.5) is 5.69 Å². The highest BCUT2D eigenvalue weighted by Gasteiger charge is 2.15. The number of hydrogen-bond acceptors (Lipinski definition) is 3. The first-order valence-corrected chi connectivity index (χ1v) is 7.76. The molecule has 1 amide bonds. The van der Waals surface area contributed by atoms with Gasteiger partial charge in [0.25, 0.3) is 10.2 Å². The number of carbonyl (C=O) groups excluding carboxylic acids is 1. The fraction of sp³-hybridized carbons (Fsp3) is 0.417. The van der Waals surface area contributed by atoms with Gasteiger partial charge in [-0.25, -0.2) is 4.72 Å². The van der Waals surface area contributed by atoms with Crippen LogP contribution in [0.2, 0.25) is 5.02 Å². The Kier molecular flexibility index (Phi) is 5.94. The Bertz CT molecular complexity index is 558. The summed E-state index contributed by atoms with van der Waals surface area (Å²) >= 11 is 5.79. The standard InChI is InChI=1S/C12H18ClN3O3S/c1-10(17)16(12-6-4-11(13)5-7-12)9-8-14-20(18,19)15(2)3/h4-7,14H,8-9H2,1-3H3. The third kappa shape index (κ3) is 4.75. The molecular formula is C12H18ClN3O3S. The molecule has 0 aliphatic heterocycles. The number of carbonyl (C=O) groups is 1. The average molecular weight is 320 g/mol. The van der Waals surface area contributed by atoms with Gasteiger partial charge in [-0.2, -0.15) is 12.7 Å². The lowest BCUT2D eigenvalue weighted by Gasteiger charge is -2.22. The van der Waals surface area contributed by atoms with E-state index in [0.29, 0.717) is 10.7 Å². The summed E-state index contributed by atoms with van der Waals surface area (Å²) in [6, 6.07) is 6.78. The molecule has 112 valence electrons. The summed E-state index contributed by atoms with van der Waals surface area (Å²) in [5, 5.41) is 0.575. The third-order valence-corrected chi connectivity index (χ3v) is 4.40. The van der Waals surface area contributed by atoms with E-state index in [0.717, 1.165) is 4.31 Å². The molecule has 20 heavy (non-hydrogen) atoms. The van der Waals surface area contributed by atoms with Crippen molar-refractivity contribution in [2.45, 2.75) is 6.92 Å². The van der Waals surface area contributed by atoms with Crippen molar-refractivity contribution < 1.29 is 13.2 Å². The van der Waals surface area contributed by atoms with E-state index in [-0.39, 0.29) is 19.0 Å². The Morgan fingerprint density at radius 3 is 2.25 bits per heavy atom. The van der Waals surface area contributed by atoms with Crippen LogP contribution in [0.5, 0.6) is 0 Å². The number of nitrogens with one attached hydrogen (secondary N) is 1. The zero-order valence-corrected chi connectivity index (χ0v) is 13.2. The van der Waals surface area contributed by atoms with Crippen molar-refractivity contribution in [3.05, 3.63) is 29.3 Å². The number of benzene rings is 1. The van der Waals surface area contributed by atoms with Crippen LogP contribution < -0.4 is 9.62 Å². The molecule has 1 aromatic carbocycles. The highest BCUT2D eigenvalue weighted by Crippen LogP contribution is 2.17. The maximum atomic E-state index is 11.6. The summed E-state index contributed by atoms with van der Waals surface area (Å²) in [6.07, 6.45) is 0. The van der Waals surface area contributed by atoms with E-state index < -0.39 is 10.2 Å². The first-order chi connectivity index (χ1) is 9.24. The van der Waals surface area contributed by atoms with E-state index in [1.165, 1.54) is 25.9 Å². The predicted molar refractivity (Wildman–Crippen MR) is 80.1 cm³/mol. The second-order valence-electron chi connectivity index (χ2n) is 4.33. The quantitative estimate of drug-likeness (QED) is 0.853. The van der Waals surface area contributed by atoms with Crippen molar-refractivity contribution in [2.75, 3.05) is 32.1 Å². The normalized spacial score (nSPS) is 11.7. The number of hydrogen-bond donors (Lipinski definition) is 1.